The number of aryl methyl sites for hydroxylation is 1. The van der Waals surface area contributed by atoms with Gasteiger partial charge in [-0.1, -0.05) is 30.3 Å². The maximum absolute atomic E-state index is 13.0. The van der Waals surface area contributed by atoms with E-state index in [1.54, 1.807) is 7.05 Å². The topological polar surface area (TPSA) is 96.7 Å². The zero-order valence-electron chi connectivity index (χ0n) is 15.8. The Kier molecular flexibility index (Phi) is 5.68. The van der Waals surface area contributed by atoms with Gasteiger partial charge in [-0.05, 0) is 14.0 Å². The average molecular weight is 394 g/mol. The fourth-order valence-electron chi connectivity index (χ4n) is 3.26. The van der Waals surface area contributed by atoms with Gasteiger partial charge in [0, 0.05) is 31.4 Å². The van der Waals surface area contributed by atoms with Crippen LogP contribution in [0, 0.1) is 0 Å². The summed E-state index contributed by atoms with van der Waals surface area (Å²) in [5.74, 6) is 0. The number of ether oxygens (including phenoxy) is 1. The summed E-state index contributed by atoms with van der Waals surface area (Å²) >= 11 is 0. The normalized spacial score (nSPS) is 24.2. The molecule has 0 unspecified atom stereocenters. The summed E-state index contributed by atoms with van der Waals surface area (Å²) in [4.78, 5) is 2.08. The molecule has 8 nitrogen and oxygen atoms in total. The van der Waals surface area contributed by atoms with E-state index in [0.29, 0.717) is 12.3 Å². The Morgan fingerprint density at radius 3 is 2.70 bits per heavy atom. The standard InChI is InChI=1S/C18H26N4O4S/c1-14-10-26-13-18(12-23,22(14)3)11-19-27(24,25)16-9-21(2)20-17(16)15-7-5-4-6-8-15/h4-9,14,19,23H,10-13H2,1-3H3/t14-,18+/m1/s1. The molecule has 0 bridgehead atoms. The summed E-state index contributed by atoms with van der Waals surface area (Å²) in [7, 11) is -0.276. The molecule has 0 amide bonds. The van der Waals surface area contributed by atoms with Crippen LogP contribution >= 0.6 is 0 Å². The average Bonchev–Trinajstić information content (AvgIpc) is 3.07. The van der Waals surface area contributed by atoms with Crippen LogP contribution in [0.1, 0.15) is 6.92 Å². The molecule has 0 saturated carbocycles. The van der Waals surface area contributed by atoms with Gasteiger partial charge in [0.05, 0.1) is 25.4 Å². The Morgan fingerprint density at radius 1 is 1.33 bits per heavy atom. The van der Waals surface area contributed by atoms with Crippen LogP contribution in [0.25, 0.3) is 11.3 Å². The van der Waals surface area contributed by atoms with E-state index in [2.05, 4.69) is 9.82 Å². The smallest absolute Gasteiger partial charge is 0.244 e. The van der Waals surface area contributed by atoms with Crippen LogP contribution < -0.4 is 4.72 Å². The summed E-state index contributed by atoms with van der Waals surface area (Å²) in [5.41, 5.74) is 0.312. The molecular weight excluding hydrogens is 368 g/mol. The summed E-state index contributed by atoms with van der Waals surface area (Å²) in [6.45, 7) is 2.61. The van der Waals surface area contributed by atoms with E-state index in [1.807, 2.05) is 49.2 Å². The first kappa shape index (κ1) is 20.0. The highest BCUT2D eigenvalue weighted by atomic mass is 32.2. The van der Waals surface area contributed by atoms with E-state index >= 15 is 0 Å². The molecule has 2 aromatic rings. The number of aliphatic hydroxyl groups is 1. The van der Waals surface area contributed by atoms with Gasteiger partial charge in [0.15, 0.2) is 0 Å². The molecule has 3 rings (SSSR count). The molecule has 9 heteroatoms. The van der Waals surface area contributed by atoms with Gasteiger partial charge in [-0.3, -0.25) is 9.58 Å². The molecule has 1 aromatic heterocycles. The highest BCUT2D eigenvalue weighted by molar-refractivity contribution is 7.89. The summed E-state index contributed by atoms with van der Waals surface area (Å²) in [6, 6.07) is 9.26. The van der Waals surface area contributed by atoms with Crippen LogP contribution in [-0.4, -0.2) is 73.2 Å². The van der Waals surface area contributed by atoms with Crippen molar-refractivity contribution in [2.45, 2.75) is 23.4 Å². The van der Waals surface area contributed by atoms with E-state index in [-0.39, 0.29) is 30.7 Å². The third-order valence-electron chi connectivity index (χ3n) is 5.16. The molecule has 27 heavy (non-hydrogen) atoms. The van der Waals surface area contributed by atoms with E-state index in [4.69, 9.17) is 4.74 Å². The molecule has 2 N–H and O–H groups in total. The number of nitrogens with one attached hydrogen (secondary N) is 1. The van der Waals surface area contributed by atoms with Crippen molar-refractivity contribution in [3.8, 4) is 11.3 Å². The number of nitrogens with zero attached hydrogens (tertiary/aromatic N) is 3. The Hall–Kier alpha value is -1.78. The van der Waals surface area contributed by atoms with E-state index in [0.717, 1.165) is 5.56 Å². The molecule has 0 aliphatic carbocycles. The first-order chi connectivity index (χ1) is 12.8. The number of sulfonamides is 1. The minimum Gasteiger partial charge on any atom is -0.394 e. The molecule has 1 fully saturated rings. The van der Waals surface area contributed by atoms with Crippen molar-refractivity contribution >= 4 is 10.0 Å². The van der Waals surface area contributed by atoms with Crippen molar-refractivity contribution in [2.75, 3.05) is 33.4 Å². The maximum Gasteiger partial charge on any atom is 0.244 e. The largest absolute Gasteiger partial charge is 0.394 e. The Morgan fingerprint density at radius 2 is 2.04 bits per heavy atom. The zero-order valence-corrected chi connectivity index (χ0v) is 16.6. The fraction of sp³-hybridized carbons (Fsp3) is 0.500. The lowest BCUT2D eigenvalue weighted by Gasteiger charge is -2.47. The predicted molar refractivity (Wildman–Crippen MR) is 102 cm³/mol. The number of morpholine rings is 1. The zero-order chi connectivity index (χ0) is 19.7. The molecule has 0 radical (unpaired) electrons. The van der Waals surface area contributed by atoms with Gasteiger partial charge in [0.2, 0.25) is 10.0 Å². The second kappa shape index (κ2) is 7.69. The SMILES string of the molecule is C[C@@H]1COC[C@@](CO)(CNS(=O)(=O)c2cn(C)nc2-c2ccccc2)N1C. The van der Waals surface area contributed by atoms with Crippen molar-refractivity contribution in [3.05, 3.63) is 36.5 Å². The monoisotopic (exact) mass is 394 g/mol. The lowest BCUT2D eigenvalue weighted by Crippen LogP contribution is -2.65. The lowest BCUT2D eigenvalue weighted by atomic mass is 9.96. The third-order valence-corrected chi connectivity index (χ3v) is 6.56. The quantitative estimate of drug-likeness (QED) is 0.738. The predicted octanol–water partition coefficient (Wildman–Crippen LogP) is 0.447. The van der Waals surface area contributed by atoms with Crippen LogP contribution in [0.5, 0.6) is 0 Å². The van der Waals surface area contributed by atoms with Crippen LogP contribution in [0.3, 0.4) is 0 Å². The van der Waals surface area contributed by atoms with Crippen molar-refractivity contribution in [3.63, 3.8) is 0 Å². The van der Waals surface area contributed by atoms with E-state index in [1.165, 1.54) is 10.9 Å². The molecule has 2 atom stereocenters. The Balaban J connectivity index is 1.88. The Labute approximate surface area is 159 Å². The molecule has 1 aromatic carbocycles. The van der Waals surface area contributed by atoms with Gasteiger partial charge in [-0.25, -0.2) is 13.1 Å². The highest BCUT2D eigenvalue weighted by Gasteiger charge is 2.41. The van der Waals surface area contributed by atoms with Crippen LogP contribution in [0.2, 0.25) is 0 Å². The molecule has 1 aliphatic rings. The molecule has 0 spiro atoms. The number of hydrogen-bond donors (Lipinski definition) is 2. The van der Waals surface area contributed by atoms with Crippen molar-refractivity contribution < 1.29 is 18.3 Å². The first-order valence-corrected chi connectivity index (χ1v) is 10.3. The molecule has 148 valence electrons. The van der Waals surface area contributed by atoms with Crippen LogP contribution in [0.4, 0.5) is 0 Å². The molecule has 1 aliphatic heterocycles. The van der Waals surface area contributed by atoms with Gasteiger partial charge in [0.1, 0.15) is 10.6 Å². The van der Waals surface area contributed by atoms with Gasteiger partial charge in [-0.2, -0.15) is 5.10 Å². The molecule has 1 saturated heterocycles. The number of likely N-dealkylation sites (N-methyl/N-ethyl adjacent to an activating group) is 1. The van der Waals surface area contributed by atoms with Crippen LogP contribution in [0.15, 0.2) is 41.4 Å². The summed E-state index contributed by atoms with van der Waals surface area (Å²) < 4.78 is 35.8. The van der Waals surface area contributed by atoms with Crippen molar-refractivity contribution in [1.82, 2.24) is 19.4 Å². The number of aromatic nitrogens is 2. The second-order valence-corrected chi connectivity index (χ2v) is 8.80. The number of aliphatic hydroxyl groups excluding tert-OH is 1. The van der Waals surface area contributed by atoms with E-state index in [9.17, 15) is 13.5 Å². The minimum absolute atomic E-state index is 0.0375. The van der Waals surface area contributed by atoms with Crippen molar-refractivity contribution in [2.24, 2.45) is 7.05 Å². The number of benzene rings is 1. The highest BCUT2D eigenvalue weighted by Crippen LogP contribution is 2.27. The number of rotatable bonds is 6. The minimum atomic E-state index is -3.83. The van der Waals surface area contributed by atoms with E-state index < -0.39 is 15.6 Å². The lowest BCUT2D eigenvalue weighted by molar-refractivity contribution is -0.104. The number of hydrogen-bond acceptors (Lipinski definition) is 6. The van der Waals surface area contributed by atoms with Gasteiger partial charge in [-0.15, -0.1) is 0 Å². The molecule has 2 heterocycles. The van der Waals surface area contributed by atoms with Gasteiger partial charge in [0.25, 0.3) is 0 Å². The summed E-state index contributed by atoms with van der Waals surface area (Å²) in [5, 5.41) is 14.3. The maximum atomic E-state index is 13.0. The first-order valence-electron chi connectivity index (χ1n) is 8.79. The van der Waals surface area contributed by atoms with Gasteiger partial charge >= 0.3 is 0 Å². The van der Waals surface area contributed by atoms with Crippen molar-refractivity contribution in [1.29, 1.82) is 0 Å². The van der Waals surface area contributed by atoms with Gasteiger partial charge < -0.3 is 9.84 Å². The fourth-order valence-corrected chi connectivity index (χ4v) is 4.57. The third kappa shape index (κ3) is 3.92. The molecular formula is C18H26N4O4S. The second-order valence-electron chi connectivity index (χ2n) is 7.06. The Bertz CT molecular complexity index is 884. The summed E-state index contributed by atoms with van der Waals surface area (Å²) in [6.07, 6.45) is 1.49. The van der Waals surface area contributed by atoms with Crippen LogP contribution in [-0.2, 0) is 21.8 Å².